The SMILES string of the molecule is Cc1cccc(NS(=O)(=O)c2cccc(C(C)O)c2)c1Br. The van der Waals surface area contributed by atoms with E-state index in [0.717, 1.165) is 5.56 Å². The minimum absolute atomic E-state index is 0.120. The summed E-state index contributed by atoms with van der Waals surface area (Å²) in [6, 6.07) is 11.6. The van der Waals surface area contributed by atoms with Crippen molar-refractivity contribution in [1.82, 2.24) is 0 Å². The smallest absolute Gasteiger partial charge is 0.261 e. The lowest BCUT2D eigenvalue weighted by Crippen LogP contribution is -2.14. The van der Waals surface area contributed by atoms with Crippen LogP contribution >= 0.6 is 15.9 Å². The molecule has 0 radical (unpaired) electrons. The van der Waals surface area contributed by atoms with Crippen LogP contribution in [0.1, 0.15) is 24.2 Å². The van der Waals surface area contributed by atoms with Crippen LogP contribution in [0.15, 0.2) is 51.8 Å². The van der Waals surface area contributed by atoms with Crippen LogP contribution < -0.4 is 4.72 Å². The van der Waals surface area contributed by atoms with E-state index >= 15 is 0 Å². The lowest BCUT2D eigenvalue weighted by Gasteiger charge is -2.12. The summed E-state index contributed by atoms with van der Waals surface area (Å²) in [6.45, 7) is 3.48. The van der Waals surface area contributed by atoms with E-state index < -0.39 is 16.1 Å². The molecule has 4 nitrogen and oxygen atoms in total. The third-order valence-corrected chi connectivity index (χ3v) is 5.50. The summed E-state index contributed by atoms with van der Waals surface area (Å²) < 4.78 is 28.1. The van der Waals surface area contributed by atoms with Gasteiger partial charge in [0.25, 0.3) is 10.0 Å². The van der Waals surface area contributed by atoms with Crippen molar-refractivity contribution in [2.45, 2.75) is 24.8 Å². The first kappa shape index (κ1) is 16.0. The van der Waals surface area contributed by atoms with E-state index in [1.54, 1.807) is 31.2 Å². The fraction of sp³-hybridized carbons (Fsp3) is 0.200. The standard InChI is InChI=1S/C15H16BrNO3S/c1-10-5-3-8-14(15(10)16)17-21(19,20)13-7-4-6-12(9-13)11(2)18/h3-9,11,17-18H,1-2H3. The first-order chi connectivity index (χ1) is 9.81. The highest BCUT2D eigenvalue weighted by Crippen LogP contribution is 2.28. The van der Waals surface area contributed by atoms with Gasteiger partial charge in [-0.15, -0.1) is 0 Å². The largest absolute Gasteiger partial charge is 0.389 e. The molecule has 21 heavy (non-hydrogen) atoms. The van der Waals surface area contributed by atoms with Crippen molar-refractivity contribution in [3.63, 3.8) is 0 Å². The van der Waals surface area contributed by atoms with Gasteiger partial charge in [-0.05, 0) is 59.1 Å². The molecule has 112 valence electrons. The van der Waals surface area contributed by atoms with Crippen molar-refractivity contribution in [3.05, 3.63) is 58.1 Å². The number of halogens is 1. The van der Waals surface area contributed by atoms with Gasteiger partial charge in [0.15, 0.2) is 0 Å². The first-order valence-corrected chi connectivity index (χ1v) is 8.65. The van der Waals surface area contributed by atoms with E-state index in [-0.39, 0.29) is 4.90 Å². The lowest BCUT2D eigenvalue weighted by atomic mass is 10.1. The van der Waals surface area contributed by atoms with Crippen LogP contribution in [0.25, 0.3) is 0 Å². The molecule has 0 amide bonds. The average Bonchev–Trinajstić information content (AvgIpc) is 2.44. The Kier molecular flexibility index (Phi) is 4.70. The van der Waals surface area contributed by atoms with Gasteiger partial charge >= 0.3 is 0 Å². The molecule has 0 aromatic heterocycles. The minimum atomic E-state index is -3.70. The van der Waals surface area contributed by atoms with Crippen LogP contribution in [0.3, 0.4) is 0 Å². The van der Waals surface area contributed by atoms with E-state index in [2.05, 4.69) is 20.7 Å². The van der Waals surface area contributed by atoms with Crippen LogP contribution in [-0.2, 0) is 10.0 Å². The molecule has 1 atom stereocenters. The molecule has 0 aliphatic rings. The van der Waals surface area contributed by atoms with Crippen LogP contribution in [0.5, 0.6) is 0 Å². The molecular weight excluding hydrogens is 354 g/mol. The maximum Gasteiger partial charge on any atom is 0.261 e. The fourth-order valence-corrected chi connectivity index (χ4v) is 3.49. The van der Waals surface area contributed by atoms with Crippen molar-refractivity contribution in [2.24, 2.45) is 0 Å². The van der Waals surface area contributed by atoms with Gasteiger partial charge in [0.05, 0.1) is 16.7 Å². The molecule has 0 saturated heterocycles. The molecule has 0 fully saturated rings. The number of nitrogens with one attached hydrogen (secondary N) is 1. The highest BCUT2D eigenvalue weighted by molar-refractivity contribution is 9.10. The number of rotatable bonds is 4. The topological polar surface area (TPSA) is 66.4 Å². The Morgan fingerprint density at radius 2 is 1.86 bits per heavy atom. The van der Waals surface area contributed by atoms with E-state index in [4.69, 9.17) is 0 Å². The van der Waals surface area contributed by atoms with Crippen molar-refractivity contribution >= 4 is 31.6 Å². The maximum atomic E-state index is 12.4. The van der Waals surface area contributed by atoms with E-state index in [0.29, 0.717) is 15.7 Å². The van der Waals surface area contributed by atoms with Crippen molar-refractivity contribution in [1.29, 1.82) is 0 Å². The van der Waals surface area contributed by atoms with Crippen molar-refractivity contribution in [2.75, 3.05) is 4.72 Å². The third kappa shape index (κ3) is 3.64. The number of benzene rings is 2. The molecule has 0 heterocycles. The predicted octanol–water partition coefficient (Wildman–Crippen LogP) is 3.61. The summed E-state index contributed by atoms with van der Waals surface area (Å²) in [4.78, 5) is 0.120. The summed E-state index contributed by atoms with van der Waals surface area (Å²) in [6.07, 6.45) is -0.717. The Morgan fingerprint density at radius 1 is 1.19 bits per heavy atom. The second-order valence-corrected chi connectivity index (χ2v) is 7.27. The number of aryl methyl sites for hydroxylation is 1. The van der Waals surface area contributed by atoms with E-state index in [1.807, 2.05) is 13.0 Å². The number of anilines is 1. The normalized spacial score (nSPS) is 13.0. The number of aliphatic hydroxyl groups is 1. The summed E-state index contributed by atoms with van der Waals surface area (Å²) in [5.74, 6) is 0. The molecule has 0 aliphatic heterocycles. The second kappa shape index (κ2) is 6.17. The monoisotopic (exact) mass is 369 g/mol. The summed E-state index contributed by atoms with van der Waals surface area (Å²) in [5, 5.41) is 9.56. The summed E-state index contributed by atoms with van der Waals surface area (Å²) in [5.41, 5.74) is 1.98. The van der Waals surface area contributed by atoms with Crippen LogP contribution in [0.4, 0.5) is 5.69 Å². The average molecular weight is 370 g/mol. The van der Waals surface area contributed by atoms with E-state index in [9.17, 15) is 13.5 Å². The number of hydrogen-bond acceptors (Lipinski definition) is 3. The quantitative estimate of drug-likeness (QED) is 0.864. The minimum Gasteiger partial charge on any atom is -0.389 e. The Hall–Kier alpha value is -1.37. The van der Waals surface area contributed by atoms with Crippen molar-refractivity contribution < 1.29 is 13.5 Å². The van der Waals surface area contributed by atoms with Gasteiger partial charge in [-0.3, -0.25) is 4.72 Å². The highest BCUT2D eigenvalue weighted by atomic mass is 79.9. The Bertz CT molecular complexity index is 757. The zero-order valence-electron chi connectivity index (χ0n) is 11.7. The molecule has 0 bridgehead atoms. The van der Waals surface area contributed by atoms with E-state index in [1.165, 1.54) is 12.1 Å². The second-order valence-electron chi connectivity index (χ2n) is 4.79. The highest BCUT2D eigenvalue weighted by Gasteiger charge is 2.17. The van der Waals surface area contributed by atoms with Crippen LogP contribution in [-0.4, -0.2) is 13.5 Å². The molecule has 6 heteroatoms. The van der Waals surface area contributed by atoms with Gasteiger partial charge < -0.3 is 5.11 Å². The zero-order valence-corrected chi connectivity index (χ0v) is 14.1. The Balaban J connectivity index is 2.39. The number of aliphatic hydroxyl groups excluding tert-OH is 1. The van der Waals surface area contributed by atoms with Gasteiger partial charge in [-0.1, -0.05) is 24.3 Å². The van der Waals surface area contributed by atoms with Crippen LogP contribution in [0, 0.1) is 6.92 Å². The fourth-order valence-electron chi connectivity index (χ4n) is 1.87. The molecule has 2 rings (SSSR count). The summed E-state index contributed by atoms with van der Waals surface area (Å²) >= 11 is 3.38. The Labute approximate surface area is 133 Å². The molecular formula is C15H16BrNO3S. The van der Waals surface area contributed by atoms with Crippen molar-refractivity contribution in [3.8, 4) is 0 Å². The molecule has 0 spiro atoms. The Morgan fingerprint density at radius 3 is 2.52 bits per heavy atom. The van der Waals surface area contributed by atoms with Crippen LogP contribution in [0.2, 0.25) is 0 Å². The predicted molar refractivity (Wildman–Crippen MR) is 86.8 cm³/mol. The molecule has 2 aromatic carbocycles. The maximum absolute atomic E-state index is 12.4. The number of sulfonamides is 1. The van der Waals surface area contributed by atoms with Gasteiger partial charge in [0.2, 0.25) is 0 Å². The molecule has 1 unspecified atom stereocenters. The van der Waals surface area contributed by atoms with Gasteiger partial charge in [0, 0.05) is 4.47 Å². The van der Waals surface area contributed by atoms with Gasteiger partial charge in [0.1, 0.15) is 0 Å². The number of hydrogen-bond donors (Lipinski definition) is 2. The molecule has 2 N–H and O–H groups in total. The molecule has 2 aromatic rings. The van der Waals surface area contributed by atoms with Gasteiger partial charge in [-0.2, -0.15) is 0 Å². The lowest BCUT2D eigenvalue weighted by molar-refractivity contribution is 0.199. The third-order valence-electron chi connectivity index (χ3n) is 3.09. The molecule has 0 aliphatic carbocycles. The first-order valence-electron chi connectivity index (χ1n) is 6.37. The zero-order chi connectivity index (χ0) is 15.6. The van der Waals surface area contributed by atoms with Gasteiger partial charge in [-0.25, -0.2) is 8.42 Å². The molecule has 0 saturated carbocycles. The summed E-state index contributed by atoms with van der Waals surface area (Å²) in [7, 11) is -3.70.